The number of fused-ring (bicyclic) bond motifs is 2. The van der Waals surface area contributed by atoms with Crippen LogP contribution in [0.5, 0.6) is 0 Å². The van der Waals surface area contributed by atoms with Crippen molar-refractivity contribution in [1.82, 2.24) is 4.98 Å². The number of benzene rings is 2. The molecule has 0 amide bonds. The first-order valence-corrected chi connectivity index (χ1v) is 7.84. The summed E-state index contributed by atoms with van der Waals surface area (Å²) in [6, 6.07) is 9.35. The average molecular weight is 311 g/mol. The maximum atomic E-state index is 12.3. The van der Waals surface area contributed by atoms with Crippen LogP contribution in [0.1, 0.15) is 13.8 Å². The number of rotatable bonds is 4. The van der Waals surface area contributed by atoms with Gasteiger partial charge in [0.05, 0.1) is 0 Å². The highest BCUT2D eigenvalue weighted by Gasteiger charge is 2.15. The quantitative estimate of drug-likeness (QED) is 0.693. The van der Waals surface area contributed by atoms with Crippen molar-refractivity contribution < 1.29 is 4.42 Å². The third-order valence-corrected chi connectivity index (χ3v) is 4.07. The Morgan fingerprint density at radius 2 is 1.78 bits per heavy atom. The van der Waals surface area contributed by atoms with Crippen LogP contribution < -0.4 is 15.2 Å². The van der Waals surface area contributed by atoms with Crippen LogP contribution in [0.3, 0.4) is 0 Å². The highest BCUT2D eigenvalue weighted by Crippen LogP contribution is 2.28. The molecule has 2 aliphatic rings. The summed E-state index contributed by atoms with van der Waals surface area (Å²) in [5.41, 5.74) is 3.55. The molecule has 1 aliphatic heterocycles. The van der Waals surface area contributed by atoms with Crippen LogP contribution in [0.2, 0.25) is 0 Å². The smallest absolute Gasteiger partial charge is 0.210 e. The van der Waals surface area contributed by atoms with E-state index in [1.54, 1.807) is 6.07 Å². The predicted octanol–water partition coefficient (Wildman–Crippen LogP) is 3.21. The van der Waals surface area contributed by atoms with Crippen molar-refractivity contribution in [2.24, 2.45) is 0 Å². The van der Waals surface area contributed by atoms with E-state index >= 15 is 0 Å². The van der Waals surface area contributed by atoms with E-state index in [1.165, 1.54) is 0 Å². The molecule has 0 fully saturated rings. The maximum absolute atomic E-state index is 12.3. The van der Waals surface area contributed by atoms with Gasteiger partial charge >= 0.3 is 0 Å². The van der Waals surface area contributed by atoms with Crippen LogP contribution in [0.4, 0.5) is 11.4 Å². The molecule has 0 N–H and O–H groups in total. The fourth-order valence-electron chi connectivity index (χ4n) is 2.72. The Bertz CT molecular complexity index is 866. The SMILES string of the molecule is CCN(CC)c1ccc2nc3c(=O)cc(N(C)C)cc-3oc2c1. The summed E-state index contributed by atoms with van der Waals surface area (Å²) in [5.74, 6) is 0.519. The van der Waals surface area contributed by atoms with Gasteiger partial charge in [-0.1, -0.05) is 0 Å². The largest absolute Gasteiger partial charge is 0.453 e. The molecule has 5 heteroatoms. The number of hydrogen-bond donors (Lipinski definition) is 0. The van der Waals surface area contributed by atoms with Gasteiger partial charge in [-0.15, -0.1) is 0 Å². The van der Waals surface area contributed by atoms with E-state index in [0.717, 1.165) is 24.5 Å². The molecule has 0 spiro atoms. The Balaban J connectivity index is 2.23. The molecule has 0 bridgehead atoms. The zero-order valence-electron chi connectivity index (χ0n) is 14.0. The van der Waals surface area contributed by atoms with Crippen molar-refractivity contribution in [2.75, 3.05) is 37.0 Å². The third-order valence-electron chi connectivity index (χ3n) is 4.07. The van der Waals surface area contributed by atoms with Gasteiger partial charge in [0.15, 0.2) is 17.0 Å². The highest BCUT2D eigenvalue weighted by atomic mass is 16.3. The van der Waals surface area contributed by atoms with E-state index in [1.807, 2.05) is 43.3 Å². The zero-order chi connectivity index (χ0) is 16.6. The number of anilines is 2. The van der Waals surface area contributed by atoms with Gasteiger partial charge in [-0.25, -0.2) is 4.98 Å². The van der Waals surface area contributed by atoms with Crippen molar-refractivity contribution >= 4 is 22.5 Å². The summed E-state index contributed by atoms with van der Waals surface area (Å²) in [5, 5.41) is 0. The van der Waals surface area contributed by atoms with Gasteiger partial charge in [0.2, 0.25) is 5.43 Å². The van der Waals surface area contributed by atoms with Gasteiger partial charge < -0.3 is 14.2 Å². The number of nitrogens with zero attached hydrogens (tertiary/aromatic N) is 3. The molecule has 0 unspecified atom stereocenters. The second-order valence-electron chi connectivity index (χ2n) is 5.72. The van der Waals surface area contributed by atoms with Crippen molar-refractivity contribution in [3.05, 3.63) is 40.6 Å². The van der Waals surface area contributed by atoms with E-state index in [9.17, 15) is 4.79 Å². The summed E-state index contributed by atoms with van der Waals surface area (Å²) in [6.45, 7) is 6.10. The molecule has 23 heavy (non-hydrogen) atoms. The second kappa shape index (κ2) is 5.91. The number of aromatic nitrogens is 1. The Morgan fingerprint density at radius 3 is 2.43 bits per heavy atom. The normalized spacial score (nSPS) is 11.1. The van der Waals surface area contributed by atoms with Crippen molar-refractivity contribution in [3.63, 3.8) is 0 Å². The van der Waals surface area contributed by atoms with Crippen molar-refractivity contribution in [3.8, 4) is 11.5 Å². The van der Waals surface area contributed by atoms with Gasteiger partial charge in [-0.05, 0) is 26.0 Å². The average Bonchev–Trinajstić information content (AvgIpc) is 2.54. The second-order valence-corrected chi connectivity index (χ2v) is 5.72. The third kappa shape index (κ3) is 2.74. The van der Waals surface area contributed by atoms with Crippen LogP contribution >= 0.6 is 0 Å². The lowest BCUT2D eigenvalue weighted by atomic mass is 10.1. The highest BCUT2D eigenvalue weighted by molar-refractivity contribution is 5.80. The molecular weight excluding hydrogens is 290 g/mol. The molecule has 0 aromatic heterocycles. The van der Waals surface area contributed by atoms with Crippen LogP contribution in [0.25, 0.3) is 22.6 Å². The molecule has 0 atom stereocenters. The monoisotopic (exact) mass is 311 g/mol. The Morgan fingerprint density at radius 1 is 1.04 bits per heavy atom. The minimum absolute atomic E-state index is 0.121. The lowest BCUT2D eigenvalue weighted by Gasteiger charge is -2.21. The molecule has 1 aliphatic carbocycles. The summed E-state index contributed by atoms with van der Waals surface area (Å²) < 4.78 is 5.98. The van der Waals surface area contributed by atoms with Crippen LogP contribution in [-0.4, -0.2) is 32.2 Å². The first-order chi connectivity index (χ1) is 11.0. The van der Waals surface area contributed by atoms with Gasteiger partial charge in [0.25, 0.3) is 0 Å². The van der Waals surface area contributed by atoms with Crippen molar-refractivity contribution in [1.29, 1.82) is 0 Å². The van der Waals surface area contributed by atoms with Crippen LogP contribution in [-0.2, 0) is 0 Å². The summed E-state index contributed by atoms with van der Waals surface area (Å²) in [4.78, 5) is 20.9. The minimum atomic E-state index is -0.121. The molecule has 120 valence electrons. The summed E-state index contributed by atoms with van der Waals surface area (Å²) in [7, 11) is 3.79. The van der Waals surface area contributed by atoms with Crippen LogP contribution in [0.15, 0.2) is 39.5 Å². The fraction of sp³-hybridized carbons (Fsp3) is 0.333. The Kier molecular flexibility index (Phi) is 3.94. The van der Waals surface area contributed by atoms with E-state index < -0.39 is 0 Å². The molecular formula is C18H21N3O2. The van der Waals surface area contributed by atoms with Gasteiger partial charge in [-0.3, -0.25) is 4.79 Å². The Labute approximate surface area is 135 Å². The standard InChI is InChI=1S/C18H21N3O2/c1-5-21(6-2)12-7-8-14-16(10-12)23-17-11-13(20(3)4)9-15(22)18(17)19-14/h7-11H,5-6H2,1-4H3. The van der Waals surface area contributed by atoms with E-state index in [2.05, 4.69) is 23.7 Å². The first kappa shape index (κ1) is 15.3. The zero-order valence-corrected chi connectivity index (χ0v) is 14.0. The molecule has 0 saturated carbocycles. The van der Waals surface area contributed by atoms with Gasteiger partial charge in [0.1, 0.15) is 5.52 Å². The van der Waals surface area contributed by atoms with Crippen LogP contribution in [0, 0.1) is 0 Å². The molecule has 0 saturated heterocycles. The van der Waals surface area contributed by atoms with Gasteiger partial charge in [-0.2, -0.15) is 0 Å². The fourth-order valence-corrected chi connectivity index (χ4v) is 2.72. The minimum Gasteiger partial charge on any atom is -0.453 e. The van der Waals surface area contributed by atoms with Gasteiger partial charge in [0, 0.05) is 56.8 Å². The lowest BCUT2D eigenvalue weighted by molar-refractivity contribution is 0.612. The molecule has 5 nitrogen and oxygen atoms in total. The Hall–Kier alpha value is -2.56. The first-order valence-electron chi connectivity index (χ1n) is 7.84. The molecule has 1 aromatic rings. The van der Waals surface area contributed by atoms with Crippen molar-refractivity contribution in [2.45, 2.75) is 13.8 Å². The molecule has 0 radical (unpaired) electrons. The molecule has 1 heterocycles. The predicted molar refractivity (Wildman–Crippen MR) is 94.8 cm³/mol. The molecule has 1 aromatic carbocycles. The summed E-state index contributed by atoms with van der Waals surface area (Å²) >= 11 is 0. The molecule has 3 rings (SSSR count). The van der Waals surface area contributed by atoms with E-state index in [4.69, 9.17) is 4.42 Å². The van der Waals surface area contributed by atoms with E-state index in [-0.39, 0.29) is 5.43 Å². The number of hydrogen-bond acceptors (Lipinski definition) is 5. The summed E-state index contributed by atoms with van der Waals surface area (Å²) in [6.07, 6.45) is 0. The van der Waals surface area contributed by atoms with E-state index in [0.29, 0.717) is 22.6 Å². The maximum Gasteiger partial charge on any atom is 0.210 e. The lowest BCUT2D eigenvalue weighted by Crippen LogP contribution is -2.21. The topological polar surface area (TPSA) is 49.6 Å².